The second-order valence-electron chi connectivity index (χ2n) is 4.59. The van der Waals surface area contributed by atoms with Gasteiger partial charge in [0.05, 0.1) is 0 Å². The van der Waals surface area contributed by atoms with Gasteiger partial charge in [-0.3, -0.25) is 0 Å². The number of fused-ring (bicyclic) bond motifs is 1. The van der Waals surface area contributed by atoms with Gasteiger partial charge in [0.25, 0.3) is 0 Å². The van der Waals surface area contributed by atoms with Crippen molar-refractivity contribution in [3.63, 3.8) is 0 Å². The summed E-state index contributed by atoms with van der Waals surface area (Å²) in [5.74, 6) is -0.949. The van der Waals surface area contributed by atoms with Crippen LogP contribution in [0.15, 0.2) is 54.6 Å². The lowest BCUT2D eigenvalue weighted by Crippen LogP contribution is -1.99. The van der Waals surface area contributed by atoms with Crippen LogP contribution in [-0.4, -0.2) is 16.1 Å². The number of aromatic amines is 1. The fourth-order valence-electron chi connectivity index (χ4n) is 2.22. The third kappa shape index (κ3) is 2.36. The van der Waals surface area contributed by atoms with E-state index in [1.165, 1.54) is 5.56 Å². The fourth-order valence-corrected chi connectivity index (χ4v) is 2.22. The molecule has 0 aliphatic heterocycles. The van der Waals surface area contributed by atoms with E-state index >= 15 is 0 Å². The SMILES string of the molecule is O=C(O)c1cc2c(NCc3ccccc3)cccc2[nH]1. The molecule has 0 saturated heterocycles. The van der Waals surface area contributed by atoms with E-state index in [2.05, 4.69) is 10.3 Å². The zero-order chi connectivity index (χ0) is 13.9. The molecule has 4 heteroatoms. The van der Waals surface area contributed by atoms with E-state index in [1.807, 2.05) is 48.5 Å². The topological polar surface area (TPSA) is 65.1 Å². The second-order valence-corrected chi connectivity index (χ2v) is 4.59. The Hall–Kier alpha value is -2.75. The Kier molecular flexibility index (Phi) is 3.13. The number of hydrogen-bond donors (Lipinski definition) is 3. The molecule has 3 rings (SSSR count). The third-order valence-corrected chi connectivity index (χ3v) is 3.22. The van der Waals surface area contributed by atoms with Crippen LogP contribution in [0.4, 0.5) is 5.69 Å². The van der Waals surface area contributed by atoms with Crippen molar-refractivity contribution >= 4 is 22.6 Å². The smallest absolute Gasteiger partial charge is 0.352 e. The van der Waals surface area contributed by atoms with Gasteiger partial charge in [0.2, 0.25) is 0 Å². The van der Waals surface area contributed by atoms with E-state index in [9.17, 15) is 4.79 Å². The van der Waals surface area contributed by atoms with Gasteiger partial charge in [-0.05, 0) is 23.8 Å². The van der Waals surface area contributed by atoms with Crippen molar-refractivity contribution in [1.82, 2.24) is 4.98 Å². The minimum Gasteiger partial charge on any atom is -0.477 e. The van der Waals surface area contributed by atoms with Crippen LogP contribution in [0, 0.1) is 0 Å². The summed E-state index contributed by atoms with van der Waals surface area (Å²) in [7, 11) is 0. The molecule has 3 N–H and O–H groups in total. The normalized spacial score (nSPS) is 10.6. The Morgan fingerprint density at radius 1 is 1.10 bits per heavy atom. The summed E-state index contributed by atoms with van der Waals surface area (Å²) in [5, 5.41) is 13.3. The summed E-state index contributed by atoms with van der Waals surface area (Å²) < 4.78 is 0. The highest BCUT2D eigenvalue weighted by Gasteiger charge is 2.09. The van der Waals surface area contributed by atoms with Crippen LogP contribution in [0.3, 0.4) is 0 Å². The molecule has 0 atom stereocenters. The van der Waals surface area contributed by atoms with Crippen molar-refractivity contribution < 1.29 is 9.90 Å². The van der Waals surface area contributed by atoms with Gasteiger partial charge in [0, 0.05) is 23.1 Å². The van der Waals surface area contributed by atoms with Gasteiger partial charge in [-0.2, -0.15) is 0 Å². The summed E-state index contributed by atoms with van der Waals surface area (Å²) in [6.45, 7) is 0.702. The molecule has 0 saturated carbocycles. The fraction of sp³-hybridized carbons (Fsp3) is 0.0625. The molecule has 1 heterocycles. The van der Waals surface area contributed by atoms with Crippen molar-refractivity contribution in [2.24, 2.45) is 0 Å². The van der Waals surface area contributed by atoms with Gasteiger partial charge < -0.3 is 15.4 Å². The quantitative estimate of drug-likeness (QED) is 0.677. The average molecular weight is 266 g/mol. The lowest BCUT2D eigenvalue weighted by molar-refractivity contribution is 0.0691. The Labute approximate surface area is 116 Å². The number of aromatic nitrogens is 1. The highest BCUT2D eigenvalue weighted by molar-refractivity contribution is 5.99. The van der Waals surface area contributed by atoms with Crippen molar-refractivity contribution in [2.75, 3.05) is 5.32 Å². The van der Waals surface area contributed by atoms with Crippen molar-refractivity contribution in [1.29, 1.82) is 0 Å². The first-order chi connectivity index (χ1) is 9.74. The molecular weight excluding hydrogens is 252 g/mol. The first kappa shape index (κ1) is 12.3. The molecule has 4 nitrogen and oxygen atoms in total. The Morgan fingerprint density at radius 3 is 2.65 bits per heavy atom. The molecule has 0 aliphatic rings. The number of benzene rings is 2. The molecule has 0 aliphatic carbocycles. The molecule has 3 aromatic rings. The number of nitrogens with one attached hydrogen (secondary N) is 2. The largest absolute Gasteiger partial charge is 0.477 e. The van der Waals surface area contributed by atoms with Crippen LogP contribution >= 0.6 is 0 Å². The number of carboxylic acids is 1. The second kappa shape index (κ2) is 5.09. The Balaban J connectivity index is 1.89. The minimum absolute atomic E-state index is 0.203. The predicted molar refractivity (Wildman–Crippen MR) is 79.0 cm³/mol. The Bertz CT molecular complexity index is 748. The zero-order valence-corrected chi connectivity index (χ0v) is 10.8. The van der Waals surface area contributed by atoms with Gasteiger partial charge in [0.15, 0.2) is 0 Å². The van der Waals surface area contributed by atoms with Crippen LogP contribution in [-0.2, 0) is 6.54 Å². The van der Waals surface area contributed by atoms with Crippen LogP contribution in [0.2, 0.25) is 0 Å². The van der Waals surface area contributed by atoms with E-state index in [0.29, 0.717) is 6.54 Å². The molecule has 0 fully saturated rings. The van der Waals surface area contributed by atoms with Gasteiger partial charge in [0.1, 0.15) is 5.69 Å². The van der Waals surface area contributed by atoms with Gasteiger partial charge in [-0.15, -0.1) is 0 Å². The van der Waals surface area contributed by atoms with E-state index in [0.717, 1.165) is 16.6 Å². The molecule has 20 heavy (non-hydrogen) atoms. The maximum Gasteiger partial charge on any atom is 0.352 e. The van der Waals surface area contributed by atoms with E-state index in [1.54, 1.807) is 6.07 Å². The highest BCUT2D eigenvalue weighted by atomic mass is 16.4. The van der Waals surface area contributed by atoms with Crippen LogP contribution in [0.25, 0.3) is 10.9 Å². The van der Waals surface area contributed by atoms with Gasteiger partial charge in [-0.25, -0.2) is 4.79 Å². The van der Waals surface area contributed by atoms with Crippen molar-refractivity contribution in [2.45, 2.75) is 6.54 Å². The molecule has 0 radical (unpaired) electrons. The number of carbonyl (C=O) groups is 1. The lowest BCUT2D eigenvalue weighted by Gasteiger charge is -2.07. The monoisotopic (exact) mass is 266 g/mol. The predicted octanol–water partition coefficient (Wildman–Crippen LogP) is 3.48. The summed E-state index contributed by atoms with van der Waals surface area (Å²) >= 11 is 0. The van der Waals surface area contributed by atoms with Crippen LogP contribution < -0.4 is 5.32 Å². The Morgan fingerprint density at radius 2 is 1.90 bits per heavy atom. The maximum absolute atomic E-state index is 11.0. The number of rotatable bonds is 4. The number of H-pyrrole nitrogens is 1. The lowest BCUT2D eigenvalue weighted by atomic mass is 10.2. The minimum atomic E-state index is -0.949. The summed E-state index contributed by atoms with van der Waals surface area (Å²) in [5.41, 5.74) is 3.13. The molecule has 0 spiro atoms. The van der Waals surface area contributed by atoms with Crippen molar-refractivity contribution in [3.05, 3.63) is 65.9 Å². The van der Waals surface area contributed by atoms with E-state index in [4.69, 9.17) is 5.11 Å². The molecule has 0 bridgehead atoms. The van der Waals surface area contributed by atoms with Gasteiger partial charge in [-0.1, -0.05) is 36.4 Å². The molecule has 0 unspecified atom stereocenters. The van der Waals surface area contributed by atoms with E-state index in [-0.39, 0.29) is 5.69 Å². The molecule has 2 aromatic carbocycles. The third-order valence-electron chi connectivity index (χ3n) is 3.22. The number of hydrogen-bond acceptors (Lipinski definition) is 2. The number of anilines is 1. The van der Waals surface area contributed by atoms with Crippen LogP contribution in [0.1, 0.15) is 16.1 Å². The van der Waals surface area contributed by atoms with Gasteiger partial charge >= 0.3 is 5.97 Å². The summed E-state index contributed by atoms with van der Waals surface area (Å²) in [6.07, 6.45) is 0. The molecule has 100 valence electrons. The first-order valence-electron chi connectivity index (χ1n) is 6.37. The van der Waals surface area contributed by atoms with Crippen molar-refractivity contribution in [3.8, 4) is 0 Å². The maximum atomic E-state index is 11.0. The summed E-state index contributed by atoms with van der Waals surface area (Å²) in [6, 6.07) is 17.4. The highest BCUT2D eigenvalue weighted by Crippen LogP contribution is 2.24. The standard InChI is InChI=1S/C16H14N2O2/c19-16(20)15-9-12-13(7-4-8-14(12)18-15)17-10-11-5-2-1-3-6-11/h1-9,17-18H,10H2,(H,19,20). The molecular formula is C16H14N2O2. The molecule has 0 amide bonds. The summed E-state index contributed by atoms with van der Waals surface area (Å²) in [4.78, 5) is 13.9. The molecule has 1 aromatic heterocycles. The number of aromatic carboxylic acids is 1. The number of carboxylic acid groups (broad SMARTS) is 1. The zero-order valence-electron chi connectivity index (χ0n) is 10.8. The average Bonchev–Trinajstić information content (AvgIpc) is 2.91. The first-order valence-corrected chi connectivity index (χ1v) is 6.37. The van der Waals surface area contributed by atoms with E-state index < -0.39 is 5.97 Å². The van der Waals surface area contributed by atoms with Crippen LogP contribution in [0.5, 0.6) is 0 Å².